The number of hydrogen-bond donors (Lipinski definition) is 1. The predicted molar refractivity (Wildman–Crippen MR) is 103 cm³/mol. The van der Waals surface area contributed by atoms with Crippen LogP contribution in [0.15, 0.2) is 65.1 Å². The van der Waals surface area contributed by atoms with Crippen LogP contribution in [0.1, 0.15) is 12.7 Å². The molecule has 142 valence electrons. The van der Waals surface area contributed by atoms with E-state index in [1.807, 2.05) is 36.4 Å². The third-order valence-electron chi connectivity index (χ3n) is 3.86. The summed E-state index contributed by atoms with van der Waals surface area (Å²) in [4.78, 5) is 33.9. The Kier molecular flexibility index (Phi) is 5.50. The van der Waals surface area contributed by atoms with Crippen molar-refractivity contribution >= 4 is 40.3 Å². The summed E-state index contributed by atoms with van der Waals surface area (Å²) in [5.74, 6) is -1.57. The van der Waals surface area contributed by atoms with Crippen LogP contribution in [-0.2, 0) is 14.3 Å². The SMILES string of the molecule is C[C@H](OC(=O)/C=C/c1ccc([N+](=O)[O-])o1)C(=O)Nc1ccc2ccccc2c1. The van der Waals surface area contributed by atoms with E-state index in [2.05, 4.69) is 5.32 Å². The van der Waals surface area contributed by atoms with E-state index >= 15 is 0 Å². The molecule has 0 bridgehead atoms. The molecule has 8 nitrogen and oxygen atoms in total. The summed E-state index contributed by atoms with van der Waals surface area (Å²) in [5, 5.41) is 15.3. The van der Waals surface area contributed by atoms with Crippen LogP contribution in [0.4, 0.5) is 11.6 Å². The van der Waals surface area contributed by atoms with Gasteiger partial charge in [0, 0.05) is 11.8 Å². The van der Waals surface area contributed by atoms with Gasteiger partial charge in [0.05, 0.1) is 6.07 Å². The van der Waals surface area contributed by atoms with Crippen molar-refractivity contribution in [1.82, 2.24) is 0 Å². The van der Waals surface area contributed by atoms with Gasteiger partial charge in [-0.15, -0.1) is 0 Å². The van der Waals surface area contributed by atoms with E-state index in [1.165, 1.54) is 25.1 Å². The van der Waals surface area contributed by atoms with Crippen molar-refractivity contribution in [3.8, 4) is 0 Å². The molecule has 8 heteroatoms. The van der Waals surface area contributed by atoms with Crippen LogP contribution in [0, 0.1) is 10.1 Å². The molecule has 1 atom stereocenters. The quantitative estimate of drug-likeness (QED) is 0.300. The minimum absolute atomic E-state index is 0.122. The van der Waals surface area contributed by atoms with Crippen molar-refractivity contribution in [2.45, 2.75) is 13.0 Å². The number of furan rings is 1. The molecule has 3 rings (SSSR count). The number of ether oxygens (including phenoxy) is 1. The smallest absolute Gasteiger partial charge is 0.433 e. The summed E-state index contributed by atoms with van der Waals surface area (Å²) in [6.45, 7) is 1.44. The first-order valence-electron chi connectivity index (χ1n) is 8.35. The number of rotatable bonds is 6. The van der Waals surface area contributed by atoms with Gasteiger partial charge in [-0.1, -0.05) is 30.3 Å². The largest absolute Gasteiger partial charge is 0.449 e. The fourth-order valence-electron chi connectivity index (χ4n) is 2.46. The average molecular weight is 380 g/mol. The zero-order chi connectivity index (χ0) is 20.1. The second-order valence-electron chi connectivity index (χ2n) is 5.90. The van der Waals surface area contributed by atoms with Crippen LogP contribution in [-0.4, -0.2) is 22.9 Å². The number of carbonyl (C=O) groups is 2. The van der Waals surface area contributed by atoms with Gasteiger partial charge in [0.1, 0.15) is 10.7 Å². The van der Waals surface area contributed by atoms with E-state index in [-0.39, 0.29) is 5.76 Å². The normalized spacial score (nSPS) is 12.0. The molecule has 1 N–H and O–H groups in total. The molecule has 0 radical (unpaired) electrons. The van der Waals surface area contributed by atoms with Crippen LogP contribution < -0.4 is 5.32 Å². The molecule has 0 aliphatic rings. The standard InChI is InChI=1S/C20H16N2O6/c1-13(27-19(23)11-9-17-8-10-18(28-17)22(25)26)20(24)21-16-7-6-14-4-2-3-5-15(14)12-16/h2-13H,1H3,(H,21,24)/b11-9+/t13-/m0/s1. The maximum Gasteiger partial charge on any atom is 0.433 e. The van der Waals surface area contributed by atoms with Crippen molar-refractivity contribution < 1.29 is 23.7 Å². The maximum absolute atomic E-state index is 12.2. The molecule has 3 aromatic rings. The lowest BCUT2D eigenvalue weighted by molar-refractivity contribution is -0.402. The summed E-state index contributed by atoms with van der Waals surface area (Å²) in [6.07, 6.45) is 1.22. The number of amides is 1. The van der Waals surface area contributed by atoms with E-state index in [1.54, 1.807) is 6.07 Å². The Morgan fingerprint density at radius 3 is 2.61 bits per heavy atom. The third kappa shape index (κ3) is 4.61. The average Bonchev–Trinajstić information content (AvgIpc) is 3.15. The van der Waals surface area contributed by atoms with Gasteiger partial charge in [0.2, 0.25) is 0 Å². The molecule has 0 fully saturated rings. The zero-order valence-electron chi connectivity index (χ0n) is 14.8. The molecule has 0 saturated carbocycles. The highest BCUT2D eigenvalue weighted by atomic mass is 16.6. The summed E-state index contributed by atoms with van der Waals surface area (Å²) in [6, 6.07) is 15.7. The van der Waals surface area contributed by atoms with Crippen LogP contribution >= 0.6 is 0 Å². The number of nitrogens with one attached hydrogen (secondary N) is 1. The fourth-order valence-corrected chi connectivity index (χ4v) is 2.46. The Hall–Kier alpha value is -3.94. The van der Waals surface area contributed by atoms with Crippen molar-refractivity contribution in [2.24, 2.45) is 0 Å². The number of hydrogen-bond acceptors (Lipinski definition) is 6. The summed E-state index contributed by atoms with van der Waals surface area (Å²) in [7, 11) is 0. The highest BCUT2D eigenvalue weighted by Crippen LogP contribution is 2.19. The number of anilines is 1. The highest BCUT2D eigenvalue weighted by molar-refractivity contribution is 5.98. The predicted octanol–water partition coefficient (Wildman–Crippen LogP) is 3.92. The minimum atomic E-state index is -1.03. The van der Waals surface area contributed by atoms with Gasteiger partial charge < -0.3 is 14.5 Å². The zero-order valence-corrected chi connectivity index (χ0v) is 14.8. The Bertz CT molecular complexity index is 1070. The monoisotopic (exact) mass is 380 g/mol. The molecule has 0 unspecified atom stereocenters. The molecule has 1 heterocycles. The number of esters is 1. The highest BCUT2D eigenvalue weighted by Gasteiger charge is 2.17. The van der Waals surface area contributed by atoms with Crippen LogP contribution in [0.5, 0.6) is 0 Å². The van der Waals surface area contributed by atoms with Gasteiger partial charge in [0.15, 0.2) is 6.10 Å². The molecular formula is C20H16N2O6. The molecule has 2 aromatic carbocycles. The molecule has 1 amide bonds. The van der Waals surface area contributed by atoms with Gasteiger partial charge in [0.25, 0.3) is 5.91 Å². The maximum atomic E-state index is 12.2. The van der Waals surface area contributed by atoms with E-state index in [4.69, 9.17) is 9.15 Å². The number of fused-ring (bicyclic) bond motifs is 1. The van der Waals surface area contributed by atoms with Crippen molar-refractivity contribution in [3.63, 3.8) is 0 Å². The number of nitrogens with zero attached hydrogens (tertiary/aromatic N) is 1. The van der Waals surface area contributed by atoms with E-state index in [0.29, 0.717) is 5.69 Å². The lowest BCUT2D eigenvalue weighted by atomic mass is 10.1. The number of carbonyl (C=O) groups excluding carboxylic acids is 2. The molecular weight excluding hydrogens is 364 g/mol. The van der Waals surface area contributed by atoms with Gasteiger partial charge in [-0.05, 0) is 42.0 Å². The second-order valence-corrected chi connectivity index (χ2v) is 5.90. The van der Waals surface area contributed by atoms with E-state index < -0.39 is 28.8 Å². The van der Waals surface area contributed by atoms with Gasteiger partial charge in [-0.25, -0.2) is 4.79 Å². The molecule has 0 spiro atoms. The molecule has 28 heavy (non-hydrogen) atoms. The summed E-state index contributed by atoms with van der Waals surface area (Å²) < 4.78 is 9.92. The fraction of sp³-hybridized carbons (Fsp3) is 0.100. The molecule has 1 aromatic heterocycles. The van der Waals surface area contributed by atoms with Gasteiger partial charge in [-0.3, -0.25) is 14.9 Å². The van der Waals surface area contributed by atoms with Crippen molar-refractivity contribution in [2.75, 3.05) is 5.32 Å². The van der Waals surface area contributed by atoms with Crippen LogP contribution in [0.2, 0.25) is 0 Å². The minimum Gasteiger partial charge on any atom is -0.449 e. The first kappa shape index (κ1) is 18.8. The number of nitro groups is 1. The first-order chi connectivity index (χ1) is 13.4. The lowest BCUT2D eigenvalue weighted by Gasteiger charge is -2.12. The number of benzene rings is 2. The topological polar surface area (TPSA) is 112 Å². The Morgan fingerprint density at radius 2 is 1.89 bits per heavy atom. The molecule has 0 saturated heterocycles. The van der Waals surface area contributed by atoms with Crippen molar-refractivity contribution in [3.05, 3.63) is 76.5 Å². The Balaban J connectivity index is 1.57. The van der Waals surface area contributed by atoms with E-state index in [0.717, 1.165) is 16.8 Å². The van der Waals surface area contributed by atoms with Gasteiger partial charge in [-0.2, -0.15) is 0 Å². The molecule has 0 aliphatic carbocycles. The summed E-state index contributed by atoms with van der Waals surface area (Å²) >= 11 is 0. The molecule has 0 aliphatic heterocycles. The second kappa shape index (κ2) is 8.17. The third-order valence-corrected chi connectivity index (χ3v) is 3.86. The summed E-state index contributed by atoms with van der Waals surface area (Å²) in [5.41, 5.74) is 0.588. The Morgan fingerprint density at radius 1 is 1.14 bits per heavy atom. The van der Waals surface area contributed by atoms with Crippen molar-refractivity contribution in [1.29, 1.82) is 0 Å². The van der Waals surface area contributed by atoms with E-state index in [9.17, 15) is 19.7 Å². The van der Waals surface area contributed by atoms with Crippen LogP contribution in [0.3, 0.4) is 0 Å². The van der Waals surface area contributed by atoms with Crippen LogP contribution in [0.25, 0.3) is 16.8 Å². The first-order valence-corrected chi connectivity index (χ1v) is 8.35. The lowest BCUT2D eigenvalue weighted by Crippen LogP contribution is -2.29. The van der Waals surface area contributed by atoms with Gasteiger partial charge >= 0.3 is 11.9 Å². The Labute approximate surface area is 159 Å².